The molecule has 0 aliphatic heterocycles. The van der Waals surface area contributed by atoms with Crippen LogP contribution in [-0.4, -0.2) is 19.3 Å². The van der Waals surface area contributed by atoms with Crippen molar-refractivity contribution in [3.05, 3.63) is 16.6 Å². The zero-order valence-electron chi connectivity index (χ0n) is 6.80. The quantitative estimate of drug-likeness (QED) is 0.850. The van der Waals surface area contributed by atoms with Gasteiger partial charge in [-0.2, -0.15) is 0 Å². The summed E-state index contributed by atoms with van der Waals surface area (Å²) in [7, 11) is 3.04. The van der Waals surface area contributed by atoms with Gasteiger partial charge in [-0.1, -0.05) is 0 Å². The van der Waals surface area contributed by atoms with Gasteiger partial charge in [0.25, 0.3) is 0 Å². The molecule has 0 aliphatic rings. The standard InChI is InChI=1S/C8H9BrO3/c1-11-6-4-3-5(10)8(12-2)7(6)9/h3-4,10H,1-2H3. The molecule has 0 fully saturated rings. The third-order valence-corrected chi connectivity index (χ3v) is 2.22. The first-order chi connectivity index (χ1) is 5.70. The first kappa shape index (κ1) is 9.19. The number of benzene rings is 1. The van der Waals surface area contributed by atoms with Gasteiger partial charge in [-0.15, -0.1) is 0 Å². The van der Waals surface area contributed by atoms with E-state index in [1.807, 2.05) is 0 Å². The van der Waals surface area contributed by atoms with Crippen LogP contribution < -0.4 is 9.47 Å². The Balaban J connectivity index is 3.24. The van der Waals surface area contributed by atoms with Gasteiger partial charge in [-0.25, -0.2) is 0 Å². The van der Waals surface area contributed by atoms with Gasteiger partial charge in [0.05, 0.1) is 14.2 Å². The van der Waals surface area contributed by atoms with Crippen molar-refractivity contribution in [2.24, 2.45) is 0 Å². The minimum absolute atomic E-state index is 0.0881. The number of hydrogen-bond donors (Lipinski definition) is 1. The Morgan fingerprint density at radius 2 is 1.92 bits per heavy atom. The number of hydrogen-bond acceptors (Lipinski definition) is 3. The van der Waals surface area contributed by atoms with E-state index < -0.39 is 0 Å². The van der Waals surface area contributed by atoms with Crippen LogP contribution in [0, 0.1) is 0 Å². The molecule has 4 heteroatoms. The van der Waals surface area contributed by atoms with Gasteiger partial charge in [0.1, 0.15) is 10.2 Å². The maximum absolute atomic E-state index is 9.30. The molecule has 0 amide bonds. The molecule has 0 unspecified atom stereocenters. The topological polar surface area (TPSA) is 38.7 Å². The molecule has 0 bridgehead atoms. The highest BCUT2D eigenvalue weighted by Crippen LogP contribution is 2.40. The number of halogens is 1. The van der Waals surface area contributed by atoms with Gasteiger partial charge in [0.2, 0.25) is 0 Å². The minimum atomic E-state index is 0.0881. The molecular weight excluding hydrogens is 224 g/mol. The Morgan fingerprint density at radius 1 is 1.25 bits per heavy atom. The maximum atomic E-state index is 9.30. The summed E-state index contributed by atoms with van der Waals surface area (Å²) in [5.41, 5.74) is 0. The summed E-state index contributed by atoms with van der Waals surface area (Å²) in [6, 6.07) is 3.17. The van der Waals surface area contributed by atoms with E-state index in [9.17, 15) is 5.11 Å². The first-order valence-electron chi connectivity index (χ1n) is 3.30. The first-order valence-corrected chi connectivity index (χ1v) is 4.09. The van der Waals surface area contributed by atoms with Crippen LogP contribution >= 0.6 is 15.9 Å². The minimum Gasteiger partial charge on any atom is -0.504 e. The molecule has 0 spiro atoms. The number of rotatable bonds is 2. The summed E-state index contributed by atoms with van der Waals surface area (Å²) in [6.07, 6.45) is 0. The molecule has 66 valence electrons. The van der Waals surface area contributed by atoms with Crippen molar-refractivity contribution in [1.82, 2.24) is 0 Å². The Bertz CT molecular complexity index is 286. The van der Waals surface area contributed by atoms with Crippen molar-refractivity contribution in [3.8, 4) is 17.2 Å². The van der Waals surface area contributed by atoms with Gasteiger partial charge < -0.3 is 14.6 Å². The molecule has 0 saturated heterocycles. The Hall–Kier alpha value is -0.900. The monoisotopic (exact) mass is 232 g/mol. The molecule has 1 rings (SSSR count). The fraction of sp³-hybridized carbons (Fsp3) is 0.250. The second kappa shape index (κ2) is 3.67. The van der Waals surface area contributed by atoms with E-state index in [0.29, 0.717) is 16.0 Å². The van der Waals surface area contributed by atoms with E-state index in [-0.39, 0.29) is 5.75 Å². The lowest BCUT2D eigenvalue weighted by Crippen LogP contribution is -1.89. The molecule has 0 aliphatic carbocycles. The fourth-order valence-corrected chi connectivity index (χ4v) is 1.54. The SMILES string of the molecule is COc1ccc(O)c(OC)c1Br. The number of phenols is 1. The molecule has 1 N–H and O–H groups in total. The molecule has 0 heterocycles. The average Bonchev–Trinajstić information content (AvgIpc) is 2.06. The van der Waals surface area contributed by atoms with E-state index >= 15 is 0 Å². The Kier molecular flexibility index (Phi) is 2.81. The Labute approximate surface area is 79.1 Å². The van der Waals surface area contributed by atoms with Crippen LogP contribution in [0.3, 0.4) is 0 Å². The summed E-state index contributed by atoms with van der Waals surface area (Å²) in [4.78, 5) is 0. The predicted molar refractivity (Wildman–Crippen MR) is 48.9 cm³/mol. The number of ether oxygens (including phenoxy) is 2. The third kappa shape index (κ3) is 1.48. The van der Waals surface area contributed by atoms with E-state index in [1.54, 1.807) is 13.2 Å². The van der Waals surface area contributed by atoms with Crippen molar-refractivity contribution in [1.29, 1.82) is 0 Å². The lowest BCUT2D eigenvalue weighted by atomic mass is 10.3. The van der Waals surface area contributed by atoms with Gasteiger partial charge in [0.15, 0.2) is 11.5 Å². The van der Waals surface area contributed by atoms with E-state index in [1.165, 1.54) is 13.2 Å². The lowest BCUT2D eigenvalue weighted by Gasteiger charge is -2.08. The normalized spacial score (nSPS) is 9.58. The van der Waals surface area contributed by atoms with Gasteiger partial charge >= 0.3 is 0 Å². The van der Waals surface area contributed by atoms with Crippen LogP contribution in [0.15, 0.2) is 16.6 Å². The predicted octanol–water partition coefficient (Wildman–Crippen LogP) is 2.17. The van der Waals surface area contributed by atoms with Crippen molar-refractivity contribution >= 4 is 15.9 Å². The lowest BCUT2D eigenvalue weighted by molar-refractivity contribution is 0.360. The van der Waals surface area contributed by atoms with Gasteiger partial charge in [0, 0.05) is 0 Å². The maximum Gasteiger partial charge on any atom is 0.178 e. The molecule has 0 aromatic heterocycles. The highest BCUT2D eigenvalue weighted by Gasteiger charge is 2.10. The summed E-state index contributed by atoms with van der Waals surface area (Å²) >= 11 is 3.24. The van der Waals surface area contributed by atoms with E-state index in [0.717, 1.165) is 0 Å². The van der Waals surface area contributed by atoms with Crippen LogP contribution in [0.2, 0.25) is 0 Å². The van der Waals surface area contributed by atoms with Crippen molar-refractivity contribution in [2.75, 3.05) is 14.2 Å². The molecule has 0 atom stereocenters. The van der Waals surface area contributed by atoms with Crippen LogP contribution in [-0.2, 0) is 0 Å². The summed E-state index contributed by atoms with van der Waals surface area (Å²) in [5, 5.41) is 9.30. The van der Waals surface area contributed by atoms with Crippen LogP contribution in [0.4, 0.5) is 0 Å². The molecule has 1 aromatic rings. The molecular formula is C8H9BrO3. The van der Waals surface area contributed by atoms with Gasteiger partial charge in [-0.05, 0) is 28.1 Å². The second-order valence-electron chi connectivity index (χ2n) is 2.13. The molecule has 3 nitrogen and oxygen atoms in total. The summed E-state index contributed by atoms with van der Waals surface area (Å²) in [6.45, 7) is 0. The molecule has 0 radical (unpaired) electrons. The fourth-order valence-electron chi connectivity index (χ4n) is 0.880. The number of phenolic OH excluding ortho intramolecular Hbond substituents is 1. The van der Waals surface area contributed by atoms with Crippen molar-refractivity contribution in [2.45, 2.75) is 0 Å². The Morgan fingerprint density at radius 3 is 2.42 bits per heavy atom. The smallest absolute Gasteiger partial charge is 0.178 e. The molecule has 0 saturated carbocycles. The van der Waals surface area contributed by atoms with Crippen molar-refractivity contribution < 1.29 is 14.6 Å². The summed E-state index contributed by atoms with van der Waals surface area (Å²) in [5.74, 6) is 1.10. The second-order valence-corrected chi connectivity index (χ2v) is 2.93. The highest BCUT2D eigenvalue weighted by atomic mass is 79.9. The van der Waals surface area contributed by atoms with Crippen molar-refractivity contribution in [3.63, 3.8) is 0 Å². The highest BCUT2D eigenvalue weighted by molar-refractivity contribution is 9.10. The number of methoxy groups -OCH3 is 2. The third-order valence-electron chi connectivity index (χ3n) is 1.46. The van der Waals surface area contributed by atoms with Gasteiger partial charge in [-0.3, -0.25) is 0 Å². The van der Waals surface area contributed by atoms with Crippen LogP contribution in [0.1, 0.15) is 0 Å². The van der Waals surface area contributed by atoms with E-state index in [4.69, 9.17) is 9.47 Å². The molecule has 1 aromatic carbocycles. The average molecular weight is 233 g/mol. The zero-order chi connectivity index (χ0) is 9.14. The van der Waals surface area contributed by atoms with E-state index in [2.05, 4.69) is 15.9 Å². The van der Waals surface area contributed by atoms with Crippen LogP contribution in [0.5, 0.6) is 17.2 Å². The number of aromatic hydroxyl groups is 1. The van der Waals surface area contributed by atoms with Crippen LogP contribution in [0.25, 0.3) is 0 Å². The largest absolute Gasteiger partial charge is 0.504 e. The zero-order valence-corrected chi connectivity index (χ0v) is 8.38. The summed E-state index contributed by atoms with van der Waals surface area (Å²) < 4.78 is 10.6. The molecule has 12 heavy (non-hydrogen) atoms.